The van der Waals surface area contributed by atoms with Crippen molar-refractivity contribution in [3.05, 3.63) is 94.3 Å². The fraction of sp³-hybridized carbons (Fsp3) is 0.182. The summed E-state index contributed by atoms with van der Waals surface area (Å²) < 4.78 is 64.3. The van der Waals surface area contributed by atoms with Crippen LogP contribution in [0.1, 0.15) is 28.3 Å². The number of carbonyl (C=O) groups excluding carboxylic acids is 1. The van der Waals surface area contributed by atoms with E-state index in [0.717, 1.165) is 24.6 Å². The molecule has 0 saturated heterocycles. The van der Waals surface area contributed by atoms with Gasteiger partial charge < -0.3 is 5.73 Å². The van der Waals surface area contributed by atoms with Crippen molar-refractivity contribution >= 4 is 33.2 Å². The summed E-state index contributed by atoms with van der Waals surface area (Å²) in [6, 6.07) is 14.7. The zero-order valence-corrected chi connectivity index (χ0v) is 18.8. The van der Waals surface area contributed by atoms with E-state index in [1.54, 1.807) is 24.3 Å². The molecule has 0 aliphatic rings. The van der Waals surface area contributed by atoms with Gasteiger partial charge in [0, 0.05) is 11.2 Å². The number of primary amides is 1. The highest BCUT2D eigenvalue weighted by Crippen LogP contribution is 2.31. The summed E-state index contributed by atoms with van der Waals surface area (Å²) in [5.74, 6) is -1.85. The highest BCUT2D eigenvalue weighted by molar-refractivity contribution is 7.92. The molecule has 3 aromatic rings. The number of pyridine rings is 1. The van der Waals surface area contributed by atoms with E-state index in [0.29, 0.717) is 21.8 Å². The Morgan fingerprint density at radius 2 is 1.73 bits per heavy atom. The number of hydrogen-bond acceptors (Lipinski definition) is 4. The fourth-order valence-electron chi connectivity index (χ4n) is 3.30. The number of sulfonamides is 1. The summed E-state index contributed by atoms with van der Waals surface area (Å²) in [6.45, 7) is 0.0286. The van der Waals surface area contributed by atoms with Crippen molar-refractivity contribution in [2.24, 2.45) is 5.73 Å². The molecule has 11 heteroatoms. The number of hydrogen-bond donors (Lipinski definition) is 1. The maximum absolute atomic E-state index is 12.8. The Morgan fingerprint density at radius 3 is 2.21 bits per heavy atom. The Morgan fingerprint density at radius 1 is 1.09 bits per heavy atom. The van der Waals surface area contributed by atoms with E-state index >= 15 is 0 Å². The van der Waals surface area contributed by atoms with Crippen LogP contribution in [-0.4, -0.2) is 25.6 Å². The molecule has 0 spiro atoms. The summed E-state index contributed by atoms with van der Waals surface area (Å²) in [5, 5.41) is 0.464. The molecule has 3 rings (SSSR count). The van der Waals surface area contributed by atoms with Gasteiger partial charge >= 0.3 is 6.18 Å². The molecule has 0 saturated carbocycles. The van der Waals surface area contributed by atoms with Crippen LogP contribution < -0.4 is 10.0 Å². The van der Waals surface area contributed by atoms with Crippen molar-refractivity contribution in [2.45, 2.75) is 18.6 Å². The zero-order chi connectivity index (χ0) is 24.4. The van der Waals surface area contributed by atoms with Crippen LogP contribution in [0.2, 0.25) is 5.02 Å². The molecule has 0 aliphatic heterocycles. The van der Waals surface area contributed by atoms with Crippen molar-refractivity contribution < 1.29 is 26.4 Å². The monoisotopic (exact) mass is 497 g/mol. The lowest BCUT2D eigenvalue weighted by atomic mass is 9.91. The molecular formula is C22H19ClF3N3O3S. The van der Waals surface area contributed by atoms with Gasteiger partial charge in [0.1, 0.15) is 5.69 Å². The second-order valence-electron chi connectivity index (χ2n) is 7.30. The number of alkyl halides is 3. The summed E-state index contributed by atoms with van der Waals surface area (Å²) in [4.78, 5) is 15.5. The van der Waals surface area contributed by atoms with Gasteiger partial charge in [-0.25, -0.2) is 8.42 Å². The molecule has 0 fully saturated rings. The Balaban J connectivity index is 1.93. The van der Waals surface area contributed by atoms with Crippen molar-refractivity contribution in [2.75, 3.05) is 10.6 Å². The molecule has 6 nitrogen and oxygen atoms in total. The second-order valence-corrected chi connectivity index (χ2v) is 9.64. The van der Waals surface area contributed by atoms with Crippen LogP contribution in [0.25, 0.3) is 0 Å². The molecule has 2 aromatic carbocycles. The summed E-state index contributed by atoms with van der Waals surface area (Å²) >= 11 is 5.99. The fourth-order valence-corrected chi connectivity index (χ4v) is 4.40. The van der Waals surface area contributed by atoms with Gasteiger partial charge in [0.15, 0.2) is 0 Å². The van der Waals surface area contributed by atoms with Crippen molar-refractivity contribution in [1.82, 2.24) is 4.98 Å². The van der Waals surface area contributed by atoms with Gasteiger partial charge in [-0.1, -0.05) is 41.9 Å². The summed E-state index contributed by atoms with van der Waals surface area (Å²) in [5.41, 5.74) is 5.97. The normalized spacial score (nSPS) is 12.9. The number of halogens is 4. The van der Waals surface area contributed by atoms with E-state index in [-0.39, 0.29) is 12.1 Å². The number of nitrogens with two attached hydrogens (primary N) is 1. The van der Waals surface area contributed by atoms with E-state index < -0.39 is 33.7 Å². The van der Waals surface area contributed by atoms with Gasteiger partial charge in [-0.2, -0.15) is 13.2 Å². The number of carbonyl (C=O) groups is 1. The maximum Gasteiger partial charge on any atom is 0.433 e. The number of benzene rings is 2. The molecule has 1 heterocycles. The minimum Gasteiger partial charge on any atom is -0.369 e. The zero-order valence-electron chi connectivity index (χ0n) is 17.3. The third-order valence-electron chi connectivity index (χ3n) is 4.82. The van der Waals surface area contributed by atoms with Crippen molar-refractivity contribution in [1.29, 1.82) is 0 Å². The number of anilines is 1. The predicted molar refractivity (Wildman–Crippen MR) is 119 cm³/mol. The first-order chi connectivity index (χ1) is 15.4. The van der Waals surface area contributed by atoms with Gasteiger partial charge in [0.05, 0.1) is 24.4 Å². The first-order valence-electron chi connectivity index (χ1n) is 9.51. The Hall–Kier alpha value is -3.11. The lowest BCUT2D eigenvalue weighted by molar-refractivity contribution is -0.141. The van der Waals surface area contributed by atoms with Crippen LogP contribution in [0.4, 0.5) is 18.9 Å². The first kappa shape index (κ1) is 24.5. The summed E-state index contributed by atoms with van der Waals surface area (Å²) in [6.07, 6.45) is -2.60. The highest BCUT2D eigenvalue weighted by Gasteiger charge is 2.33. The molecule has 2 N–H and O–H groups in total. The number of amides is 1. The van der Waals surface area contributed by atoms with Crippen LogP contribution in [-0.2, 0) is 27.5 Å². The largest absolute Gasteiger partial charge is 0.433 e. The molecule has 174 valence electrons. The van der Waals surface area contributed by atoms with Crippen LogP contribution in [0.3, 0.4) is 0 Å². The molecule has 0 bridgehead atoms. The molecule has 1 atom stereocenters. The topological polar surface area (TPSA) is 93.4 Å². The minimum atomic E-state index is -4.61. The molecule has 1 aromatic heterocycles. The molecule has 1 amide bonds. The maximum atomic E-state index is 12.8. The average Bonchev–Trinajstić information content (AvgIpc) is 2.72. The Kier molecular flexibility index (Phi) is 6.99. The van der Waals surface area contributed by atoms with E-state index in [9.17, 15) is 26.4 Å². The highest BCUT2D eigenvalue weighted by atomic mass is 35.5. The van der Waals surface area contributed by atoms with E-state index in [1.807, 2.05) is 0 Å². The van der Waals surface area contributed by atoms with Crippen molar-refractivity contribution in [3.8, 4) is 0 Å². The molecule has 0 aliphatic carbocycles. The average molecular weight is 498 g/mol. The molecule has 1 unspecified atom stereocenters. The van der Waals surface area contributed by atoms with Gasteiger partial charge in [-0.05, 0) is 47.0 Å². The van der Waals surface area contributed by atoms with Crippen molar-refractivity contribution in [3.63, 3.8) is 0 Å². The van der Waals surface area contributed by atoms with Gasteiger partial charge in [-0.15, -0.1) is 0 Å². The lowest BCUT2D eigenvalue weighted by Crippen LogP contribution is -2.29. The third kappa shape index (κ3) is 6.02. The molecular weight excluding hydrogens is 479 g/mol. The Bertz CT molecular complexity index is 1250. The van der Waals surface area contributed by atoms with E-state index in [1.165, 1.54) is 28.6 Å². The standard InChI is InChI=1S/C22H19ClF3N3O3S/c1-33(31,32)29(13-14-3-2-4-17(23)11-14)18-8-5-15(6-9-18)20(21(27)30)16-7-10-19(28-12-16)22(24,25)26/h2-12,20H,13H2,1H3,(H2,27,30). The number of nitrogens with zero attached hydrogens (tertiary/aromatic N) is 2. The lowest BCUT2D eigenvalue weighted by Gasteiger charge is -2.23. The number of rotatable bonds is 7. The van der Waals surface area contributed by atoms with E-state index in [2.05, 4.69) is 4.98 Å². The van der Waals surface area contributed by atoms with Crippen LogP contribution >= 0.6 is 11.6 Å². The van der Waals surface area contributed by atoms with Crippen LogP contribution in [0, 0.1) is 0 Å². The molecule has 0 radical (unpaired) electrons. The second kappa shape index (κ2) is 9.40. The van der Waals surface area contributed by atoms with Crippen LogP contribution in [0.5, 0.6) is 0 Å². The smallest absolute Gasteiger partial charge is 0.369 e. The van der Waals surface area contributed by atoms with Gasteiger partial charge in [0.25, 0.3) is 0 Å². The molecule has 33 heavy (non-hydrogen) atoms. The van der Waals surface area contributed by atoms with Crippen LogP contribution in [0.15, 0.2) is 66.9 Å². The number of aromatic nitrogens is 1. The van der Waals surface area contributed by atoms with E-state index in [4.69, 9.17) is 17.3 Å². The van der Waals surface area contributed by atoms with Gasteiger partial charge in [0.2, 0.25) is 15.9 Å². The first-order valence-corrected chi connectivity index (χ1v) is 11.7. The Labute approximate surface area is 193 Å². The quantitative estimate of drug-likeness (QED) is 0.525. The minimum absolute atomic E-state index is 0.0286. The van der Waals surface area contributed by atoms with Gasteiger partial charge in [-0.3, -0.25) is 14.1 Å². The summed E-state index contributed by atoms with van der Waals surface area (Å²) in [7, 11) is -3.67. The predicted octanol–water partition coefficient (Wildman–Crippen LogP) is 4.34. The third-order valence-corrected chi connectivity index (χ3v) is 6.20. The SMILES string of the molecule is CS(=O)(=O)N(Cc1cccc(Cl)c1)c1ccc(C(C(N)=O)c2ccc(C(F)(F)F)nc2)cc1.